The van der Waals surface area contributed by atoms with Gasteiger partial charge in [0, 0.05) is 21.8 Å². The lowest BCUT2D eigenvalue weighted by Gasteiger charge is -2.16. The van der Waals surface area contributed by atoms with E-state index < -0.39 is 0 Å². The molecule has 0 fully saturated rings. The molecule has 0 unspecified atom stereocenters. The molecule has 0 spiro atoms. The molecule has 0 aliphatic rings. The molecule has 1 amide bonds. The third-order valence-corrected chi connectivity index (χ3v) is 4.18. The van der Waals surface area contributed by atoms with Crippen molar-refractivity contribution in [3.05, 3.63) is 39.1 Å². The molecule has 6 heteroatoms. The normalized spacial score (nSPS) is 10.3. The number of anilines is 2. The summed E-state index contributed by atoms with van der Waals surface area (Å²) in [4.78, 5) is 18.7. The molecule has 0 saturated carbocycles. The summed E-state index contributed by atoms with van der Waals surface area (Å²) in [6.07, 6.45) is 1.98. The van der Waals surface area contributed by atoms with Gasteiger partial charge in [0.25, 0.3) is 0 Å². The Balaban J connectivity index is 2.07. The van der Waals surface area contributed by atoms with E-state index in [1.165, 1.54) is 0 Å². The number of nitrogen functional groups attached to an aromatic ring is 1. The second-order valence-corrected chi connectivity index (χ2v) is 5.71. The second kappa shape index (κ2) is 5.49. The van der Waals surface area contributed by atoms with Crippen LogP contribution in [0.4, 0.5) is 11.5 Å². The topological polar surface area (TPSA) is 59.2 Å². The summed E-state index contributed by atoms with van der Waals surface area (Å²) < 4.78 is 1.01. The third-order valence-electron chi connectivity index (χ3n) is 2.48. The number of carbonyl (C=O) groups is 1. The summed E-state index contributed by atoms with van der Waals surface area (Å²) in [6, 6.07) is 5.42. The molecule has 94 valence electrons. The number of rotatable bonds is 3. The van der Waals surface area contributed by atoms with Crippen molar-refractivity contribution in [2.75, 3.05) is 17.7 Å². The number of likely N-dealkylation sites (N-methyl/N-ethyl adjacent to an activating group) is 1. The Morgan fingerprint density at radius 1 is 1.56 bits per heavy atom. The average molecular weight is 326 g/mol. The zero-order valence-corrected chi connectivity index (χ0v) is 12.2. The van der Waals surface area contributed by atoms with Crippen LogP contribution in [-0.2, 0) is 11.2 Å². The molecule has 18 heavy (non-hydrogen) atoms. The van der Waals surface area contributed by atoms with E-state index in [1.807, 2.05) is 11.4 Å². The molecule has 0 atom stereocenters. The van der Waals surface area contributed by atoms with Crippen LogP contribution in [0.3, 0.4) is 0 Å². The fraction of sp³-hybridized carbons (Fsp3) is 0.167. The minimum absolute atomic E-state index is 0.0240. The fourth-order valence-corrected chi connectivity index (χ4v) is 2.90. The number of amides is 1. The van der Waals surface area contributed by atoms with E-state index in [2.05, 4.69) is 20.9 Å². The maximum atomic E-state index is 12.1. The maximum Gasteiger partial charge on any atom is 0.232 e. The number of hydrogen-bond acceptors (Lipinski definition) is 4. The van der Waals surface area contributed by atoms with Crippen molar-refractivity contribution in [1.29, 1.82) is 0 Å². The van der Waals surface area contributed by atoms with Crippen LogP contribution >= 0.6 is 27.3 Å². The Morgan fingerprint density at radius 2 is 2.33 bits per heavy atom. The highest BCUT2D eigenvalue weighted by Crippen LogP contribution is 2.21. The van der Waals surface area contributed by atoms with Crippen molar-refractivity contribution in [3.8, 4) is 0 Å². The quantitative estimate of drug-likeness (QED) is 0.943. The van der Waals surface area contributed by atoms with Gasteiger partial charge in [-0.05, 0) is 34.1 Å². The molecule has 2 aromatic rings. The number of aromatic nitrogens is 1. The van der Waals surface area contributed by atoms with Gasteiger partial charge in [0.05, 0.1) is 18.3 Å². The Kier molecular flexibility index (Phi) is 3.98. The Morgan fingerprint density at radius 3 is 2.89 bits per heavy atom. The first kappa shape index (κ1) is 13.0. The van der Waals surface area contributed by atoms with Crippen molar-refractivity contribution >= 4 is 44.7 Å². The van der Waals surface area contributed by atoms with Crippen LogP contribution < -0.4 is 10.6 Å². The Labute approximate surface area is 118 Å². The average Bonchev–Trinajstić information content (AvgIpc) is 2.75. The summed E-state index contributed by atoms with van der Waals surface area (Å²) >= 11 is 4.94. The first-order chi connectivity index (χ1) is 8.56. The highest BCUT2D eigenvalue weighted by molar-refractivity contribution is 9.10. The molecule has 2 heterocycles. The van der Waals surface area contributed by atoms with E-state index in [1.54, 1.807) is 41.6 Å². The minimum atomic E-state index is 0.0240. The summed E-state index contributed by atoms with van der Waals surface area (Å²) in [5.41, 5.74) is 6.25. The number of nitrogens with zero attached hydrogens (tertiary/aromatic N) is 2. The zero-order chi connectivity index (χ0) is 13.1. The summed E-state index contributed by atoms with van der Waals surface area (Å²) in [5.74, 6) is 0.470. The van der Waals surface area contributed by atoms with Gasteiger partial charge in [-0.3, -0.25) is 4.79 Å². The standard InChI is InChI=1S/C12H12BrN3OS/c1-16(9-2-3-11(14)15-6-9)12(17)5-10-4-8(13)7-18-10/h2-4,6-7H,5H2,1H3,(H2,14,15). The SMILES string of the molecule is CN(C(=O)Cc1cc(Br)cs1)c1ccc(N)nc1. The number of nitrogens with two attached hydrogens (primary N) is 1. The lowest BCUT2D eigenvalue weighted by molar-refractivity contribution is -0.117. The molecule has 4 nitrogen and oxygen atoms in total. The van der Waals surface area contributed by atoms with Crippen LogP contribution in [0.25, 0.3) is 0 Å². The maximum absolute atomic E-state index is 12.1. The molecular weight excluding hydrogens is 314 g/mol. The molecule has 2 N–H and O–H groups in total. The Bertz CT molecular complexity index is 553. The molecule has 0 aromatic carbocycles. The van der Waals surface area contributed by atoms with E-state index >= 15 is 0 Å². The largest absolute Gasteiger partial charge is 0.384 e. The van der Waals surface area contributed by atoms with Gasteiger partial charge in [0.2, 0.25) is 5.91 Å². The fourth-order valence-electron chi connectivity index (χ4n) is 1.45. The molecule has 0 bridgehead atoms. The molecule has 0 saturated heterocycles. The monoisotopic (exact) mass is 325 g/mol. The van der Waals surface area contributed by atoms with E-state index in [4.69, 9.17) is 5.73 Å². The van der Waals surface area contributed by atoms with E-state index in [-0.39, 0.29) is 5.91 Å². The van der Waals surface area contributed by atoms with Gasteiger partial charge in [0.1, 0.15) is 5.82 Å². The predicted octanol–water partition coefficient (Wildman–Crippen LogP) is 2.69. The van der Waals surface area contributed by atoms with Gasteiger partial charge in [0.15, 0.2) is 0 Å². The first-order valence-electron chi connectivity index (χ1n) is 5.27. The van der Waals surface area contributed by atoms with Crippen LogP contribution in [0, 0.1) is 0 Å². The van der Waals surface area contributed by atoms with Crippen molar-refractivity contribution in [1.82, 2.24) is 4.98 Å². The second-order valence-electron chi connectivity index (χ2n) is 3.80. The highest BCUT2D eigenvalue weighted by atomic mass is 79.9. The van der Waals surface area contributed by atoms with Crippen LogP contribution in [0.5, 0.6) is 0 Å². The van der Waals surface area contributed by atoms with E-state index in [0.717, 1.165) is 15.0 Å². The summed E-state index contributed by atoms with van der Waals surface area (Å²) in [7, 11) is 1.73. The van der Waals surface area contributed by atoms with Crippen molar-refractivity contribution < 1.29 is 4.79 Å². The number of thiophene rings is 1. The van der Waals surface area contributed by atoms with Gasteiger partial charge in [-0.1, -0.05) is 0 Å². The van der Waals surface area contributed by atoms with Gasteiger partial charge < -0.3 is 10.6 Å². The molecule has 2 rings (SSSR count). The van der Waals surface area contributed by atoms with Crippen LogP contribution in [0.15, 0.2) is 34.2 Å². The summed E-state index contributed by atoms with van der Waals surface area (Å²) in [6.45, 7) is 0. The van der Waals surface area contributed by atoms with Crippen LogP contribution in [0.2, 0.25) is 0 Å². The lowest BCUT2D eigenvalue weighted by Crippen LogP contribution is -2.27. The lowest BCUT2D eigenvalue weighted by atomic mass is 10.3. The van der Waals surface area contributed by atoms with Gasteiger partial charge in [-0.15, -0.1) is 11.3 Å². The van der Waals surface area contributed by atoms with Crippen molar-refractivity contribution in [2.45, 2.75) is 6.42 Å². The van der Waals surface area contributed by atoms with Crippen molar-refractivity contribution in [2.24, 2.45) is 0 Å². The number of carbonyl (C=O) groups excluding carboxylic acids is 1. The van der Waals surface area contributed by atoms with E-state index in [9.17, 15) is 4.79 Å². The molecule has 0 aliphatic heterocycles. The van der Waals surface area contributed by atoms with E-state index in [0.29, 0.717) is 12.2 Å². The molecule has 0 radical (unpaired) electrons. The Hall–Kier alpha value is -1.40. The smallest absolute Gasteiger partial charge is 0.232 e. The number of hydrogen-bond donors (Lipinski definition) is 1. The van der Waals surface area contributed by atoms with Gasteiger partial charge >= 0.3 is 0 Å². The highest BCUT2D eigenvalue weighted by Gasteiger charge is 2.13. The van der Waals surface area contributed by atoms with Crippen LogP contribution in [0.1, 0.15) is 4.88 Å². The first-order valence-corrected chi connectivity index (χ1v) is 6.94. The van der Waals surface area contributed by atoms with Crippen LogP contribution in [-0.4, -0.2) is 17.9 Å². The zero-order valence-electron chi connectivity index (χ0n) is 9.76. The minimum Gasteiger partial charge on any atom is -0.384 e. The number of halogens is 1. The third kappa shape index (κ3) is 3.08. The van der Waals surface area contributed by atoms with Crippen molar-refractivity contribution in [3.63, 3.8) is 0 Å². The molecule has 0 aliphatic carbocycles. The van der Waals surface area contributed by atoms with Gasteiger partial charge in [-0.2, -0.15) is 0 Å². The predicted molar refractivity (Wildman–Crippen MR) is 77.8 cm³/mol. The summed E-state index contributed by atoms with van der Waals surface area (Å²) in [5, 5.41) is 1.97. The van der Waals surface area contributed by atoms with Gasteiger partial charge in [-0.25, -0.2) is 4.98 Å². The molecular formula is C12H12BrN3OS. The molecule has 2 aromatic heterocycles. The number of pyridine rings is 1.